The van der Waals surface area contributed by atoms with Crippen LogP contribution in [0.2, 0.25) is 5.02 Å². The quantitative estimate of drug-likeness (QED) is 0.882. The van der Waals surface area contributed by atoms with Crippen LogP contribution in [0.3, 0.4) is 0 Å². The van der Waals surface area contributed by atoms with Gasteiger partial charge in [-0.15, -0.1) is 0 Å². The van der Waals surface area contributed by atoms with Crippen molar-refractivity contribution in [3.8, 4) is 0 Å². The van der Waals surface area contributed by atoms with Crippen molar-refractivity contribution in [3.63, 3.8) is 0 Å². The second-order valence-electron chi connectivity index (χ2n) is 5.39. The number of rotatable bonds is 4. The van der Waals surface area contributed by atoms with Gasteiger partial charge in [0.05, 0.1) is 6.04 Å². The topological polar surface area (TPSA) is 38.3 Å². The number of carbonyl (C=O) groups is 1. The number of ether oxygens (including phenoxy) is 1. The van der Waals surface area contributed by atoms with Crippen molar-refractivity contribution in [2.24, 2.45) is 0 Å². The van der Waals surface area contributed by atoms with E-state index < -0.39 is 11.7 Å². The van der Waals surface area contributed by atoms with Gasteiger partial charge in [0.2, 0.25) is 0 Å². The molecule has 0 aliphatic rings. The van der Waals surface area contributed by atoms with E-state index in [4.69, 9.17) is 16.3 Å². The van der Waals surface area contributed by atoms with E-state index in [0.717, 1.165) is 18.4 Å². The van der Waals surface area contributed by atoms with E-state index in [2.05, 4.69) is 12.2 Å². The Bertz CT molecular complexity index is 409. The molecular weight excluding hydrogens is 262 g/mol. The molecule has 0 bridgehead atoms. The molecule has 1 amide bonds. The maximum atomic E-state index is 11.8. The molecule has 19 heavy (non-hydrogen) atoms. The van der Waals surface area contributed by atoms with Crippen LogP contribution in [0, 0.1) is 6.92 Å². The Labute approximate surface area is 120 Å². The first-order valence-electron chi connectivity index (χ1n) is 6.36. The van der Waals surface area contributed by atoms with Gasteiger partial charge in [0.15, 0.2) is 0 Å². The second kappa shape index (κ2) is 6.80. The van der Waals surface area contributed by atoms with Gasteiger partial charge < -0.3 is 10.1 Å². The fourth-order valence-corrected chi connectivity index (χ4v) is 1.80. The standard InChI is InChI=1S/C15H21ClNO2/c1-5-6-13(11-7-9-12(16)10-8-11)17-14(18)19-15(2,3)4/h7-10,13H,1,5-6H2,2-4H3,(H,17,18). The molecule has 0 aliphatic carbocycles. The van der Waals surface area contributed by atoms with Gasteiger partial charge in [-0.05, 0) is 44.9 Å². The lowest BCUT2D eigenvalue weighted by Gasteiger charge is -2.23. The Morgan fingerprint density at radius 1 is 1.37 bits per heavy atom. The molecule has 0 spiro atoms. The van der Waals surface area contributed by atoms with Crippen molar-refractivity contribution in [2.75, 3.05) is 0 Å². The molecule has 1 aromatic carbocycles. The van der Waals surface area contributed by atoms with E-state index in [-0.39, 0.29) is 6.04 Å². The molecule has 0 aromatic heterocycles. The molecule has 4 heteroatoms. The van der Waals surface area contributed by atoms with Crippen LogP contribution in [-0.2, 0) is 4.74 Å². The first kappa shape index (κ1) is 15.8. The number of carbonyl (C=O) groups excluding carboxylic acids is 1. The molecule has 0 saturated carbocycles. The Hall–Kier alpha value is -1.22. The van der Waals surface area contributed by atoms with Crippen LogP contribution in [0.4, 0.5) is 4.79 Å². The molecule has 105 valence electrons. The van der Waals surface area contributed by atoms with Crippen molar-refractivity contribution in [3.05, 3.63) is 41.8 Å². The highest BCUT2D eigenvalue weighted by Crippen LogP contribution is 2.21. The van der Waals surface area contributed by atoms with E-state index in [1.54, 1.807) is 0 Å². The van der Waals surface area contributed by atoms with E-state index in [1.165, 1.54) is 0 Å². The van der Waals surface area contributed by atoms with Gasteiger partial charge in [-0.1, -0.05) is 37.1 Å². The molecule has 1 unspecified atom stereocenters. The minimum absolute atomic E-state index is 0.107. The lowest BCUT2D eigenvalue weighted by molar-refractivity contribution is 0.0501. The fraction of sp³-hybridized carbons (Fsp3) is 0.467. The summed E-state index contributed by atoms with van der Waals surface area (Å²) in [6, 6.07) is 7.32. The number of hydrogen-bond donors (Lipinski definition) is 1. The first-order chi connectivity index (χ1) is 8.81. The lowest BCUT2D eigenvalue weighted by atomic mass is 10.0. The Morgan fingerprint density at radius 3 is 2.42 bits per heavy atom. The van der Waals surface area contributed by atoms with Crippen molar-refractivity contribution in [1.29, 1.82) is 0 Å². The van der Waals surface area contributed by atoms with E-state index in [9.17, 15) is 4.79 Å². The highest BCUT2D eigenvalue weighted by molar-refractivity contribution is 6.30. The van der Waals surface area contributed by atoms with Crippen LogP contribution in [-0.4, -0.2) is 11.7 Å². The number of benzene rings is 1. The predicted molar refractivity (Wildman–Crippen MR) is 78.2 cm³/mol. The molecule has 3 nitrogen and oxygen atoms in total. The Morgan fingerprint density at radius 2 is 1.95 bits per heavy atom. The fourth-order valence-electron chi connectivity index (χ4n) is 1.67. The van der Waals surface area contributed by atoms with Gasteiger partial charge in [-0.2, -0.15) is 0 Å². The van der Waals surface area contributed by atoms with E-state index in [0.29, 0.717) is 5.02 Å². The molecule has 1 aromatic rings. The maximum Gasteiger partial charge on any atom is 0.408 e. The van der Waals surface area contributed by atoms with Gasteiger partial charge >= 0.3 is 6.09 Å². The van der Waals surface area contributed by atoms with Crippen molar-refractivity contribution < 1.29 is 9.53 Å². The third-order valence-electron chi connectivity index (χ3n) is 2.46. The summed E-state index contributed by atoms with van der Waals surface area (Å²) in [4.78, 5) is 11.8. The van der Waals surface area contributed by atoms with Crippen LogP contribution in [0.1, 0.15) is 45.2 Å². The molecule has 1 radical (unpaired) electrons. The van der Waals surface area contributed by atoms with Crippen molar-refractivity contribution in [1.82, 2.24) is 5.32 Å². The van der Waals surface area contributed by atoms with Gasteiger partial charge in [0.1, 0.15) is 5.60 Å². The average Bonchev–Trinajstić information content (AvgIpc) is 2.27. The van der Waals surface area contributed by atoms with Crippen LogP contribution in [0.5, 0.6) is 0 Å². The number of hydrogen-bond acceptors (Lipinski definition) is 2. The van der Waals surface area contributed by atoms with Gasteiger partial charge in [0.25, 0.3) is 0 Å². The van der Waals surface area contributed by atoms with Crippen LogP contribution in [0.15, 0.2) is 24.3 Å². The summed E-state index contributed by atoms with van der Waals surface area (Å²) in [7, 11) is 0. The lowest BCUT2D eigenvalue weighted by Crippen LogP contribution is -2.35. The molecule has 1 atom stereocenters. The van der Waals surface area contributed by atoms with Gasteiger partial charge in [0, 0.05) is 5.02 Å². The van der Waals surface area contributed by atoms with Crippen molar-refractivity contribution >= 4 is 17.7 Å². The minimum atomic E-state index is -0.501. The molecule has 0 fully saturated rings. The van der Waals surface area contributed by atoms with Crippen molar-refractivity contribution in [2.45, 2.75) is 45.3 Å². The number of halogens is 1. The number of nitrogens with one attached hydrogen (secondary N) is 1. The summed E-state index contributed by atoms with van der Waals surface area (Å²) in [5, 5.41) is 3.54. The van der Waals surface area contributed by atoms with Gasteiger partial charge in [-0.3, -0.25) is 0 Å². The monoisotopic (exact) mass is 282 g/mol. The summed E-state index contributed by atoms with van der Waals surface area (Å²) in [5.74, 6) is 0. The van der Waals surface area contributed by atoms with E-state index >= 15 is 0 Å². The SMILES string of the molecule is [CH2]CCC(NC(=O)OC(C)(C)C)c1ccc(Cl)cc1. The van der Waals surface area contributed by atoms with Crippen LogP contribution < -0.4 is 5.32 Å². The normalized spacial score (nSPS) is 12.9. The molecule has 1 rings (SSSR count). The Balaban J connectivity index is 2.73. The smallest absolute Gasteiger partial charge is 0.408 e. The van der Waals surface area contributed by atoms with Crippen LogP contribution in [0.25, 0.3) is 0 Å². The third kappa shape index (κ3) is 5.97. The zero-order valence-corrected chi connectivity index (χ0v) is 12.5. The highest BCUT2D eigenvalue weighted by atomic mass is 35.5. The molecule has 0 heterocycles. The Kier molecular flexibility index (Phi) is 5.67. The highest BCUT2D eigenvalue weighted by Gasteiger charge is 2.20. The third-order valence-corrected chi connectivity index (χ3v) is 2.71. The maximum absolute atomic E-state index is 11.8. The zero-order valence-electron chi connectivity index (χ0n) is 11.7. The van der Waals surface area contributed by atoms with E-state index in [1.807, 2.05) is 45.0 Å². The summed E-state index contributed by atoms with van der Waals surface area (Å²) in [6.45, 7) is 9.35. The van der Waals surface area contributed by atoms with Gasteiger partial charge in [-0.25, -0.2) is 4.79 Å². The first-order valence-corrected chi connectivity index (χ1v) is 6.74. The van der Waals surface area contributed by atoms with Crippen LogP contribution >= 0.6 is 11.6 Å². The molecular formula is C15H21ClNO2. The summed E-state index contributed by atoms with van der Waals surface area (Å²) >= 11 is 5.86. The summed E-state index contributed by atoms with van der Waals surface area (Å²) < 4.78 is 5.26. The largest absolute Gasteiger partial charge is 0.444 e. The predicted octanol–water partition coefficient (Wildman–Crippen LogP) is 4.52. The average molecular weight is 283 g/mol. The second-order valence-corrected chi connectivity index (χ2v) is 5.83. The summed E-state index contributed by atoms with van der Waals surface area (Å²) in [5.41, 5.74) is 0.498. The molecule has 1 N–H and O–H groups in total. The summed E-state index contributed by atoms with van der Waals surface area (Å²) in [6.07, 6.45) is 1.06. The minimum Gasteiger partial charge on any atom is -0.444 e. The number of alkyl carbamates (subject to hydrolysis) is 1. The molecule has 0 aliphatic heterocycles. The molecule has 0 saturated heterocycles. The zero-order chi connectivity index (χ0) is 14.5. The number of amides is 1.